The zero-order valence-electron chi connectivity index (χ0n) is 17.4. The van der Waals surface area contributed by atoms with Gasteiger partial charge < -0.3 is 15.2 Å². The number of hydrogen-bond donors (Lipinski definition) is 2. The van der Waals surface area contributed by atoms with Gasteiger partial charge in [0.2, 0.25) is 5.82 Å². The Morgan fingerprint density at radius 2 is 1.94 bits per heavy atom. The van der Waals surface area contributed by atoms with Gasteiger partial charge in [0.25, 0.3) is 11.8 Å². The molecule has 1 aliphatic rings. The highest BCUT2D eigenvalue weighted by Crippen LogP contribution is 2.30. The molecule has 1 atom stereocenters. The summed E-state index contributed by atoms with van der Waals surface area (Å²) >= 11 is 6.06. The van der Waals surface area contributed by atoms with Crippen LogP contribution in [0.4, 0.5) is 19.0 Å². The van der Waals surface area contributed by atoms with Gasteiger partial charge in [0.05, 0.1) is 29.7 Å². The van der Waals surface area contributed by atoms with E-state index in [0.717, 1.165) is 35.5 Å². The quantitative estimate of drug-likeness (QED) is 0.572. The lowest BCUT2D eigenvalue weighted by molar-refractivity contribution is -0.120. The average molecular weight is 494 g/mol. The van der Waals surface area contributed by atoms with Crippen molar-refractivity contribution in [2.75, 3.05) is 18.6 Å². The summed E-state index contributed by atoms with van der Waals surface area (Å²) in [5.74, 6) is -4.54. The molecule has 3 heterocycles. The first kappa shape index (κ1) is 23.4. The molecule has 3 aromatic rings. The Labute approximate surface area is 195 Å². The van der Waals surface area contributed by atoms with E-state index in [1.807, 2.05) is 0 Å². The number of carbonyl (C=O) groups is 2. The molecule has 2 aromatic heterocycles. The number of rotatable bonds is 4. The Balaban J connectivity index is 1.59. The number of halogens is 4. The first-order valence-electron chi connectivity index (χ1n) is 9.68. The maximum atomic E-state index is 14.1. The minimum absolute atomic E-state index is 0.0213. The van der Waals surface area contributed by atoms with Gasteiger partial charge >= 0.3 is 0 Å². The van der Waals surface area contributed by atoms with E-state index >= 15 is 0 Å². The molecule has 0 radical (unpaired) electrons. The molecule has 13 heteroatoms. The number of pyridine rings is 1. The van der Waals surface area contributed by atoms with Crippen LogP contribution >= 0.6 is 11.6 Å². The number of nitrogens with one attached hydrogen (secondary N) is 1. The van der Waals surface area contributed by atoms with Crippen molar-refractivity contribution in [2.45, 2.75) is 12.6 Å². The summed E-state index contributed by atoms with van der Waals surface area (Å²) in [6.45, 7) is -1.17. The van der Waals surface area contributed by atoms with E-state index in [2.05, 4.69) is 20.3 Å². The van der Waals surface area contributed by atoms with Gasteiger partial charge in [-0.15, -0.1) is 0 Å². The smallest absolute Gasteiger partial charge is 0.289 e. The second kappa shape index (κ2) is 9.23. The molecule has 0 unspecified atom stereocenters. The number of carbonyl (C=O) groups excluding carboxylic acids is 2. The zero-order valence-corrected chi connectivity index (χ0v) is 18.1. The number of aliphatic hydroxyl groups is 1. The number of aromatic nitrogens is 3. The predicted molar refractivity (Wildman–Crippen MR) is 113 cm³/mol. The third-order valence-electron chi connectivity index (χ3n) is 4.98. The maximum absolute atomic E-state index is 14.1. The Bertz CT molecular complexity index is 1290. The van der Waals surface area contributed by atoms with E-state index in [0.29, 0.717) is 0 Å². The van der Waals surface area contributed by atoms with Gasteiger partial charge in [-0.05, 0) is 12.1 Å². The minimum atomic E-state index is -1.20. The fourth-order valence-corrected chi connectivity index (χ4v) is 3.45. The van der Waals surface area contributed by atoms with Gasteiger partial charge in [0, 0.05) is 24.2 Å². The number of likely N-dealkylation sites (N-methyl/N-ethyl adjacent to an activating group) is 1. The molecule has 4 rings (SSSR count). The molecular formula is C21H15ClF3N5O4. The molecule has 0 saturated carbocycles. The molecule has 2 N–H and O–H groups in total. The van der Waals surface area contributed by atoms with E-state index in [1.54, 1.807) is 0 Å². The van der Waals surface area contributed by atoms with Gasteiger partial charge in [-0.2, -0.15) is 0 Å². The predicted octanol–water partition coefficient (Wildman–Crippen LogP) is 2.26. The lowest BCUT2D eigenvalue weighted by Gasteiger charge is -2.19. The van der Waals surface area contributed by atoms with Crippen LogP contribution in [0.3, 0.4) is 0 Å². The third-order valence-corrected chi connectivity index (χ3v) is 5.25. The Morgan fingerprint density at radius 1 is 1.24 bits per heavy atom. The summed E-state index contributed by atoms with van der Waals surface area (Å²) in [5, 5.41) is 11.4. The molecule has 0 spiro atoms. The van der Waals surface area contributed by atoms with E-state index in [1.165, 1.54) is 7.05 Å². The Hall–Kier alpha value is -3.77. The van der Waals surface area contributed by atoms with Gasteiger partial charge in [0.1, 0.15) is 30.1 Å². The van der Waals surface area contributed by atoms with Gasteiger partial charge in [0.15, 0.2) is 11.6 Å². The summed E-state index contributed by atoms with van der Waals surface area (Å²) < 4.78 is 47.1. The van der Waals surface area contributed by atoms with Crippen LogP contribution in [0, 0.1) is 17.5 Å². The van der Waals surface area contributed by atoms with Crippen molar-refractivity contribution in [1.82, 2.24) is 20.3 Å². The fourth-order valence-electron chi connectivity index (χ4n) is 3.25. The molecule has 0 aliphatic carbocycles. The highest BCUT2D eigenvalue weighted by Gasteiger charge is 2.32. The molecule has 2 amide bonds. The van der Waals surface area contributed by atoms with Crippen LogP contribution in [0.1, 0.15) is 16.2 Å². The van der Waals surface area contributed by atoms with Crippen molar-refractivity contribution in [3.8, 4) is 17.0 Å². The van der Waals surface area contributed by atoms with E-state index < -0.39 is 53.3 Å². The highest BCUT2D eigenvalue weighted by atomic mass is 35.5. The molecule has 34 heavy (non-hydrogen) atoms. The number of fused-ring (bicyclic) bond motifs is 1. The lowest BCUT2D eigenvalue weighted by Crippen LogP contribution is -2.49. The number of benzene rings is 1. The summed E-state index contributed by atoms with van der Waals surface area (Å²) in [7, 11) is 1.38. The summed E-state index contributed by atoms with van der Waals surface area (Å²) in [6, 6.07) is 1.68. The minimum Gasteiger partial charge on any atom is -0.487 e. The number of hydrogen-bond acceptors (Lipinski definition) is 7. The molecule has 0 bridgehead atoms. The van der Waals surface area contributed by atoms with Crippen LogP contribution < -0.4 is 15.0 Å². The van der Waals surface area contributed by atoms with Crippen LogP contribution in [0.15, 0.2) is 30.6 Å². The first-order valence-corrected chi connectivity index (χ1v) is 10.1. The fraction of sp³-hybridized carbons (Fsp3) is 0.190. The van der Waals surface area contributed by atoms with E-state index in [-0.39, 0.29) is 34.5 Å². The van der Waals surface area contributed by atoms with Crippen molar-refractivity contribution in [2.24, 2.45) is 0 Å². The van der Waals surface area contributed by atoms with Crippen LogP contribution in [-0.2, 0) is 11.4 Å². The van der Waals surface area contributed by atoms with Crippen LogP contribution in [0.5, 0.6) is 5.75 Å². The standard InChI is InChI=1S/C21H15ClF3N5O4/c1-30-19-16(4-10(23)5-27-19)34-8-15(21(30)33)28-20(32)18-26-6-12(22)17(29-18)9-2-13(24)11(7-31)14(25)3-9/h2-6,15,31H,7-8H2,1H3,(H,28,32)/t15-/m0/s1. The van der Waals surface area contributed by atoms with Gasteiger partial charge in [-0.25, -0.2) is 28.1 Å². The second-order valence-electron chi connectivity index (χ2n) is 7.18. The van der Waals surface area contributed by atoms with Crippen molar-refractivity contribution in [3.05, 3.63) is 64.5 Å². The Morgan fingerprint density at radius 3 is 2.62 bits per heavy atom. The van der Waals surface area contributed by atoms with Gasteiger partial charge in [-0.3, -0.25) is 14.5 Å². The average Bonchev–Trinajstić information content (AvgIpc) is 2.91. The second-order valence-corrected chi connectivity index (χ2v) is 7.58. The summed E-state index contributed by atoms with van der Waals surface area (Å²) in [6.07, 6.45) is 1.99. The molecule has 1 aliphatic heterocycles. The molecule has 0 saturated heterocycles. The molecular weight excluding hydrogens is 479 g/mol. The number of ether oxygens (including phenoxy) is 1. The molecule has 0 fully saturated rings. The summed E-state index contributed by atoms with van der Waals surface area (Å²) in [4.78, 5) is 38.3. The molecule has 176 valence electrons. The van der Waals surface area contributed by atoms with Gasteiger partial charge in [-0.1, -0.05) is 11.6 Å². The highest BCUT2D eigenvalue weighted by molar-refractivity contribution is 6.33. The van der Waals surface area contributed by atoms with E-state index in [9.17, 15) is 22.8 Å². The van der Waals surface area contributed by atoms with Crippen molar-refractivity contribution < 1.29 is 32.6 Å². The Kier molecular flexibility index (Phi) is 6.35. The van der Waals surface area contributed by atoms with Crippen LogP contribution in [-0.4, -0.2) is 51.6 Å². The van der Waals surface area contributed by atoms with Crippen LogP contribution in [0.2, 0.25) is 5.02 Å². The van der Waals surface area contributed by atoms with Crippen molar-refractivity contribution in [3.63, 3.8) is 0 Å². The third kappa shape index (κ3) is 4.37. The van der Waals surface area contributed by atoms with E-state index in [4.69, 9.17) is 21.4 Å². The zero-order chi connectivity index (χ0) is 24.6. The topological polar surface area (TPSA) is 118 Å². The number of amides is 2. The first-order chi connectivity index (χ1) is 16.2. The normalized spacial score (nSPS) is 15.4. The maximum Gasteiger partial charge on any atom is 0.289 e. The monoisotopic (exact) mass is 493 g/mol. The summed E-state index contributed by atoms with van der Waals surface area (Å²) in [5.41, 5.74) is -0.763. The molecule has 9 nitrogen and oxygen atoms in total. The number of nitrogens with zero attached hydrogens (tertiary/aromatic N) is 4. The molecule has 1 aromatic carbocycles. The van der Waals surface area contributed by atoms with Crippen LogP contribution in [0.25, 0.3) is 11.3 Å². The number of aliphatic hydroxyl groups excluding tert-OH is 1. The number of anilines is 1. The lowest BCUT2D eigenvalue weighted by atomic mass is 10.1. The SMILES string of the molecule is CN1C(=O)[C@@H](NC(=O)c2ncc(Cl)c(-c3cc(F)c(CO)c(F)c3)n2)COc2cc(F)cnc21. The van der Waals surface area contributed by atoms with Crippen molar-refractivity contribution >= 4 is 29.2 Å². The largest absolute Gasteiger partial charge is 0.487 e. The van der Waals surface area contributed by atoms with Crippen molar-refractivity contribution in [1.29, 1.82) is 0 Å².